The number of hydrazine groups is 1. The van der Waals surface area contributed by atoms with Crippen LogP contribution in [0.1, 0.15) is 42.3 Å². The summed E-state index contributed by atoms with van der Waals surface area (Å²) in [6.45, 7) is 6.34. The van der Waals surface area contributed by atoms with Crippen LogP contribution in [0.5, 0.6) is 0 Å². The van der Waals surface area contributed by atoms with E-state index in [9.17, 15) is 9.59 Å². The SMILES string of the molecule is CC(C)(C)c1ccc(C(=O)NC(=S)NNC(=O)Cc2cccc3ccccc23)cc1. The van der Waals surface area contributed by atoms with Crippen LogP contribution in [0.15, 0.2) is 66.7 Å². The summed E-state index contributed by atoms with van der Waals surface area (Å²) in [7, 11) is 0. The number of rotatable bonds is 3. The summed E-state index contributed by atoms with van der Waals surface area (Å²) in [5.41, 5.74) is 7.69. The third kappa shape index (κ3) is 5.42. The highest BCUT2D eigenvalue weighted by molar-refractivity contribution is 7.80. The van der Waals surface area contributed by atoms with Crippen molar-refractivity contribution in [3.8, 4) is 0 Å². The molecule has 3 aromatic carbocycles. The highest BCUT2D eigenvalue weighted by Crippen LogP contribution is 2.22. The Balaban J connectivity index is 1.52. The zero-order chi connectivity index (χ0) is 21.7. The number of fused-ring (bicyclic) bond motifs is 1. The molecule has 2 amide bonds. The maximum Gasteiger partial charge on any atom is 0.257 e. The van der Waals surface area contributed by atoms with Crippen molar-refractivity contribution in [1.29, 1.82) is 0 Å². The lowest BCUT2D eigenvalue weighted by Gasteiger charge is -2.19. The summed E-state index contributed by atoms with van der Waals surface area (Å²) in [4.78, 5) is 24.6. The van der Waals surface area contributed by atoms with Crippen molar-refractivity contribution in [1.82, 2.24) is 16.2 Å². The standard InChI is InChI=1S/C24H25N3O2S/c1-24(2,3)19-13-11-17(12-14-19)22(29)25-23(30)27-26-21(28)15-18-9-6-8-16-7-4-5-10-20(16)18/h4-14H,15H2,1-3H3,(H,26,28)(H2,25,27,29,30). The quantitative estimate of drug-likeness (QED) is 0.443. The smallest absolute Gasteiger partial charge is 0.257 e. The Labute approximate surface area is 181 Å². The van der Waals surface area contributed by atoms with E-state index >= 15 is 0 Å². The van der Waals surface area contributed by atoms with Gasteiger partial charge in [-0.1, -0.05) is 75.4 Å². The van der Waals surface area contributed by atoms with Gasteiger partial charge in [0.25, 0.3) is 5.91 Å². The van der Waals surface area contributed by atoms with Gasteiger partial charge in [0.2, 0.25) is 5.91 Å². The van der Waals surface area contributed by atoms with Gasteiger partial charge in [0.1, 0.15) is 0 Å². The van der Waals surface area contributed by atoms with Gasteiger partial charge in [-0.3, -0.25) is 25.8 Å². The first-order valence-electron chi connectivity index (χ1n) is 9.71. The number of thiocarbonyl (C=S) groups is 1. The van der Waals surface area contributed by atoms with Gasteiger partial charge in [-0.2, -0.15) is 0 Å². The van der Waals surface area contributed by atoms with Crippen LogP contribution in [0, 0.1) is 0 Å². The Kier molecular flexibility index (Phi) is 6.47. The van der Waals surface area contributed by atoms with Crippen LogP contribution < -0.4 is 16.2 Å². The summed E-state index contributed by atoms with van der Waals surface area (Å²) in [5.74, 6) is -0.589. The first-order valence-corrected chi connectivity index (χ1v) is 10.1. The van der Waals surface area contributed by atoms with Crippen LogP contribution in [-0.4, -0.2) is 16.9 Å². The maximum atomic E-state index is 12.3. The highest BCUT2D eigenvalue weighted by Gasteiger charge is 2.15. The molecule has 0 saturated heterocycles. The first-order chi connectivity index (χ1) is 14.2. The van der Waals surface area contributed by atoms with Gasteiger partial charge in [0.05, 0.1) is 6.42 Å². The molecule has 3 aromatic rings. The number of carbonyl (C=O) groups excluding carboxylic acids is 2. The topological polar surface area (TPSA) is 70.2 Å². The Bertz CT molecular complexity index is 1080. The molecule has 0 unspecified atom stereocenters. The molecule has 0 saturated carbocycles. The summed E-state index contributed by atoms with van der Waals surface area (Å²) in [5, 5.41) is 4.72. The molecule has 6 heteroatoms. The molecule has 0 spiro atoms. The fourth-order valence-electron chi connectivity index (χ4n) is 3.12. The fraction of sp³-hybridized carbons (Fsp3) is 0.208. The molecule has 0 heterocycles. The van der Waals surface area contributed by atoms with E-state index in [0.717, 1.165) is 21.9 Å². The Hall–Kier alpha value is -3.25. The maximum absolute atomic E-state index is 12.3. The van der Waals surface area contributed by atoms with Gasteiger partial charge in [0, 0.05) is 5.56 Å². The third-order valence-electron chi connectivity index (χ3n) is 4.79. The van der Waals surface area contributed by atoms with Crippen LogP contribution >= 0.6 is 12.2 Å². The first kappa shape index (κ1) is 21.5. The summed E-state index contributed by atoms with van der Waals surface area (Å²) < 4.78 is 0. The van der Waals surface area contributed by atoms with Crippen molar-refractivity contribution in [3.63, 3.8) is 0 Å². The van der Waals surface area contributed by atoms with Crippen molar-refractivity contribution in [2.75, 3.05) is 0 Å². The summed E-state index contributed by atoms with van der Waals surface area (Å²) in [6, 6.07) is 21.1. The van der Waals surface area contributed by atoms with Crippen molar-refractivity contribution in [3.05, 3.63) is 83.4 Å². The third-order valence-corrected chi connectivity index (χ3v) is 4.99. The number of nitrogens with one attached hydrogen (secondary N) is 3. The number of amides is 2. The van der Waals surface area contributed by atoms with Gasteiger partial charge in [-0.25, -0.2) is 0 Å². The van der Waals surface area contributed by atoms with E-state index in [1.165, 1.54) is 0 Å². The minimum absolute atomic E-state index is 0.0141. The van der Waals surface area contributed by atoms with E-state index in [4.69, 9.17) is 12.2 Å². The van der Waals surface area contributed by atoms with Gasteiger partial charge < -0.3 is 0 Å². The van der Waals surface area contributed by atoms with E-state index in [1.54, 1.807) is 12.1 Å². The second-order valence-corrected chi connectivity index (χ2v) is 8.51. The zero-order valence-corrected chi connectivity index (χ0v) is 18.1. The van der Waals surface area contributed by atoms with Crippen molar-refractivity contribution in [2.45, 2.75) is 32.6 Å². The molecular weight excluding hydrogens is 394 g/mol. The molecule has 0 aliphatic carbocycles. The normalized spacial score (nSPS) is 11.0. The summed E-state index contributed by atoms with van der Waals surface area (Å²) >= 11 is 5.12. The highest BCUT2D eigenvalue weighted by atomic mass is 32.1. The van der Waals surface area contributed by atoms with Crippen molar-refractivity contribution >= 4 is 39.9 Å². The predicted octanol–water partition coefficient (Wildman–Crippen LogP) is 4.02. The van der Waals surface area contributed by atoms with Crippen LogP contribution in [0.4, 0.5) is 0 Å². The second kappa shape index (κ2) is 9.05. The molecule has 0 fully saturated rings. The van der Waals surface area contributed by atoms with Gasteiger partial charge in [-0.05, 0) is 51.7 Å². The minimum Gasteiger partial charge on any atom is -0.298 e. The van der Waals surface area contributed by atoms with Crippen molar-refractivity contribution < 1.29 is 9.59 Å². The Morgan fingerprint density at radius 3 is 2.23 bits per heavy atom. The lowest BCUT2D eigenvalue weighted by molar-refractivity contribution is -0.121. The molecule has 0 aliphatic rings. The van der Waals surface area contributed by atoms with Crippen LogP contribution in [0.3, 0.4) is 0 Å². The number of benzene rings is 3. The number of carbonyl (C=O) groups is 2. The summed E-state index contributed by atoms with van der Waals surface area (Å²) in [6.07, 6.45) is 0.194. The molecule has 0 bridgehead atoms. The van der Waals surface area contributed by atoms with E-state index in [1.807, 2.05) is 54.6 Å². The number of hydrogen-bond acceptors (Lipinski definition) is 3. The monoisotopic (exact) mass is 419 g/mol. The van der Waals surface area contributed by atoms with Gasteiger partial charge in [0.15, 0.2) is 5.11 Å². The molecule has 3 N–H and O–H groups in total. The molecule has 5 nitrogen and oxygen atoms in total. The predicted molar refractivity (Wildman–Crippen MR) is 124 cm³/mol. The molecule has 3 rings (SSSR count). The molecule has 0 atom stereocenters. The lowest BCUT2D eigenvalue weighted by Crippen LogP contribution is -2.48. The molecule has 154 valence electrons. The average Bonchev–Trinajstić information content (AvgIpc) is 2.72. The molecular formula is C24H25N3O2S. The van der Waals surface area contributed by atoms with Gasteiger partial charge >= 0.3 is 0 Å². The lowest BCUT2D eigenvalue weighted by atomic mass is 9.87. The average molecular weight is 420 g/mol. The van der Waals surface area contributed by atoms with Crippen LogP contribution in [0.2, 0.25) is 0 Å². The van der Waals surface area contributed by atoms with Crippen molar-refractivity contribution in [2.24, 2.45) is 0 Å². The van der Waals surface area contributed by atoms with Crippen LogP contribution in [0.25, 0.3) is 10.8 Å². The zero-order valence-electron chi connectivity index (χ0n) is 17.3. The fourth-order valence-corrected chi connectivity index (χ4v) is 3.26. The Morgan fingerprint density at radius 2 is 1.53 bits per heavy atom. The van der Waals surface area contributed by atoms with Crippen LogP contribution in [-0.2, 0) is 16.6 Å². The number of hydrogen-bond donors (Lipinski definition) is 3. The van der Waals surface area contributed by atoms with E-state index < -0.39 is 0 Å². The van der Waals surface area contributed by atoms with Gasteiger partial charge in [-0.15, -0.1) is 0 Å². The van der Waals surface area contributed by atoms with E-state index in [0.29, 0.717) is 5.56 Å². The minimum atomic E-state index is -0.337. The molecule has 0 aromatic heterocycles. The van der Waals surface area contributed by atoms with E-state index in [2.05, 4.69) is 36.9 Å². The largest absolute Gasteiger partial charge is 0.298 e. The Morgan fingerprint density at radius 1 is 0.867 bits per heavy atom. The molecule has 0 radical (unpaired) electrons. The molecule has 0 aliphatic heterocycles. The second-order valence-electron chi connectivity index (χ2n) is 8.10. The van der Waals surface area contributed by atoms with E-state index in [-0.39, 0.29) is 28.8 Å². The molecule has 30 heavy (non-hydrogen) atoms.